The molecule has 0 radical (unpaired) electrons. The number of nitrogens with two attached hydrogens (primary N) is 1. The number of anilines is 1. The minimum Gasteiger partial charge on any atom is -0.393 e. The Hall–Kier alpha value is -1.76. The molecule has 1 atom stereocenters. The highest BCUT2D eigenvalue weighted by molar-refractivity contribution is 7.98. The van der Waals surface area contributed by atoms with Crippen molar-refractivity contribution in [3.8, 4) is 0 Å². The van der Waals surface area contributed by atoms with E-state index in [-0.39, 0.29) is 28.9 Å². The molecule has 0 saturated carbocycles. The summed E-state index contributed by atoms with van der Waals surface area (Å²) >= 11 is 1.71. The van der Waals surface area contributed by atoms with Crippen molar-refractivity contribution in [2.24, 2.45) is 0 Å². The Balaban J connectivity index is 2.97. The zero-order valence-corrected chi connectivity index (χ0v) is 12.6. The average Bonchev–Trinajstić information content (AvgIpc) is 2.43. The first kappa shape index (κ1) is 16.3. The Morgan fingerprint density at radius 2 is 2.20 bits per heavy atom. The molecule has 0 spiro atoms. The first-order valence-corrected chi connectivity index (χ1v) is 7.58. The molecule has 0 bridgehead atoms. The lowest BCUT2D eigenvalue weighted by atomic mass is 10.1. The molecule has 1 amide bonds. The van der Waals surface area contributed by atoms with E-state index in [4.69, 9.17) is 5.73 Å². The van der Waals surface area contributed by atoms with E-state index in [1.807, 2.05) is 13.2 Å². The highest BCUT2D eigenvalue weighted by Gasteiger charge is 2.23. The van der Waals surface area contributed by atoms with Crippen LogP contribution in [0.1, 0.15) is 23.7 Å². The van der Waals surface area contributed by atoms with Crippen molar-refractivity contribution >= 4 is 29.0 Å². The van der Waals surface area contributed by atoms with Crippen LogP contribution in [0, 0.1) is 10.1 Å². The van der Waals surface area contributed by atoms with E-state index < -0.39 is 4.92 Å². The third-order valence-electron chi connectivity index (χ3n) is 3.23. The van der Waals surface area contributed by atoms with E-state index in [9.17, 15) is 14.9 Å². The standard InChI is InChI=1S/C13H19N3O3S/c1-9(7-8-20-3)15(2)13(17)10-5-4-6-11(12(10)14)16(18)19/h4-6,9H,7-8,14H2,1-3H3. The summed E-state index contributed by atoms with van der Waals surface area (Å²) in [4.78, 5) is 24.2. The first-order valence-electron chi connectivity index (χ1n) is 6.19. The maximum Gasteiger partial charge on any atom is 0.292 e. The van der Waals surface area contributed by atoms with Crippen LogP contribution < -0.4 is 5.73 Å². The topological polar surface area (TPSA) is 89.5 Å². The molecule has 0 aromatic heterocycles. The van der Waals surface area contributed by atoms with Crippen molar-refractivity contribution in [2.75, 3.05) is 24.8 Å². The number of amides is 1. The number of thioether (sulfide) groups is 1. The molecule has 2 N–H and O–H groups in total. The lowest BCUT2D eigenvalue weighted by Gasteiger charge is -2.25. The first-order chi connectivity index (χ1) is 9.40. The highest BCUT2D eigenvalue weighted by atomic mass is 32.2. The third-order valence-corrected chi connectivity index (χ3v) is 3.88. The largest absolute Gasteiger partial charge is 0.393 e. The number of hydrogen-bond acceptors (Lipinski definition) is 5. The second-order valence-corrected chi connectivity index (χ2v) is 5.53. The van der Waals surface area contributed by atoms with E-state index in [0.29, 0.717) is 0 Å². The van der Waals surface area contributed by atoms with Gasteiger partial charge in [0.2, 0.25) is 0 Å². The van der Waals surface area contributed by atoms with Crippen LogP contribution >= 0.6 is 11.8 Å². The lowest BCUT2D eigenvalue weighted by molar-refractivity contribution is -0.383. The normalized spacial score (nSPS) is 11.9. The van der Waals surface area contributed by atoms with Gasteiger partial charge < -0.3 is 10.6 Å². The minimum absolute atomic E-state index is 0.0496. The van der Waals surface area contributed by atoms with Crippen LogP contribution in [0.2, 0.25) is 0 Å². The van der Waals surface area contributed by atoms with E-state index in [1.54, 1.807) is 23.7 Å². The van der Waals surface area contributed by atoms with Crippen molar-refractivity contribution < 1.29 is 9.72 Å². The number of nitrogens with zero attached hydrogens (tertiary/aromatic N) is 2. The fourth-order valence-corrected chi connectivity index (χ4v) is 2.35. The lowest BCUT2D eigenvalue weighted by Crippen LogP contribution is -2.35. The number of nitro groups is 1. The van der Waals surface area contributed by atoms with Crippen molar-refractivity contribution in [1.29, 1.82) is 0 Å². The second-order valence-electron chi connectivity index (χ2n) is 4.54. The maximum atomic E-state index is 12.4. The summed E-state index contributed by atoms with van der Waals surface area (Å²) in [7, 11) is 1.69. The Bertz CT molecular complexity index is 508. The van der Waals surface area contributed by atoms with Gasteiger partial charge in [-0.25, -0.2) is 0 Å². The Labute approximate surface area is 122 Å². The van der Waals surface area contributed by atoms with Crippen LogP contribution in [0.5, 0.6) is 0 Å². The number of nitro benzene ring substituents is 1. The summed E-state index contributed by atoms with van der Waals surface area (Å²) in [6.45, 7) is 1.95. The Kier molecular flexibility index (Phi) is 5.82. The maximum absolute atomic E-state index is 12.4. The molecule has 1 unspecified atom stereocenters. The van der Waals surface area contributed by atoms with Crippen LogP contribution in [0.25, 0.3) is 0 Å². The number of hydrogen-bond donors (Lipinski definition) is 1. The zero-order valence-electron chi connectivity index (χ0n) is 11.8. The van der Waals surface area contributed by atoms with E-state index in [2.05, 4.69) is 0 Å². The van der Waals surface area contributed by atoms with E-state index in [1.165, 1.54) is 18.2 Å². The molecule has 0 aliphatic rings. The van der Waals surface area contributed by atoms with Gasteiger partial charge in [-0.1, -0.05) is 6.07 Å². The predicted molar refractivity (Wildman–Crippen MR) is 82.1 cm³/mol. The highest BCUT2D eigenvalue weighted by Crippen LogP contribution is 2.26. The average molecular weight is 297 g/mol. The molecule has 0 heterocycles. The van der Waals surface area contributed by atoms with Crippen LogP contribution in [0.4, 0.5) is 11.4 Å². The summed E-state index contributed by atoms with van der Waals surface area (Å²) in [5.41, 5.74) is 5.60. The van der Waals surface area contributed by atoms with Gasteiger partial charge in [0.15, 0.2) is 0 Å². The van der Waals surface area contributed by atoms with Gasteiger partial charge >= 0.3 is 0 Å². The number of rotatable bonds is 6. The van der Waals surface area contributed by atoms with Gasteiger partial charge in [-0.15, -0.1) is 0 Å². The summed E-state index contributed by atoms with van der Waals surface area (Å²) in [5, 5.41) is 10.8. The van der Waals surface area contributed by atoms with E-state index >= 15 is 0 Å². The number of para-hydroxylation sites is 1. The van der Waals surface area contributed by atoms with Crippen LogP contribution in [0.3, 0.4) is 0 Å². The molecule has 0 aliphatic carbocycles. The second kappa shape index (κ2) is 7.14. The van der Waals surface area contributed by atoms with Gasteiger partial charge in [-0.3, -0.25) is 14.9 Å². The molecular weight excluding hydrogens is 278 g/mol. The fraction of sp³-hybridized carbons (Fsp3) is 0.462. The molecule has 6 nitrogen and oxygen atoms in total. The van der Waals surface area contributed by atoms with Crippen molar-refractivity contribution in [1.82, 2.24) is 4.90 Å². The van der Waals surface area contributed by atoms with Gasteiger partial charge in [-0.05, 0) is 31.4 Å². The molecule has 7 heteroatoms. The molecule has 1 rings (SSSR count). The zero-order chi connectivity index (χ0) is 15.3. The van der Waals surface area contributed by atoms with Crippen LogP contribution in [0.15, 0.2) is 18.2 Å². The summed E-state index contributed by atoms with van der Waals surface area (Å²) in [5.74, 6) is 0.656. The number of carbonyl (C=O) groups is 1. The Morgan fingerprint density at radius 1 is 1.55 bits per heavy atom. The number of benzene rings is 1. The van der Waals surface area contributed by atoms with Gasteiger partial charge in [0.1, 0.15) is 5.69 Å². The summed E-state index contributed by atoms with van der Waals surface area (Å²) in [6.07, 6.45) is 2.87. The molecule has 1 aromatic rings. The predicted octanol–water partition coefficient (Wildman–Crippen LogP) is 2.39. The molecule has 1 aromatic carbocycles. The van der Waals surface area contributed by atoms with E-state index in [0.717, 1.165) is 12.2 Å². The Morgan fingerprint density at radius 3 is 2.75 bits per heavy atom. The van der Waals surface area contributed by atoms with Gasteiger partial charge in [-0.2, -0.15) is 11.8 Å². The van der Waals surface area contributed by atoms with Gasteiger partial charge in [0, 0.05) is 19.2 Å². The monoisotopic (exact) mass is 297 g/mol. The molecule has 0 aliphatic heterocycles. The summed E-state index contributed by atoms with van der Waals surface area (Å²) in [6, 6.07) is 4.34. The van der Waals surface area contributed by atoms with Gasteiger partial charge in [0.05, 0.1) is 10.5 Å². The van der Waals surface area contributed by atoms with Crippen LogP contribution in [-0.2, 0) is 0 Å². The number of carbonyl (C=O) groups excluding carboxylic acids is 1. The molecule has 20 heavy (non-hydrogen) atoms. The smallest absolute Gasteiger partial charge is 0.292 e. The fourth-order valence-electron chi connectivity index (χ4n) is 1.77. The number of nitrogen functional groups attached to an aromatic ring is 1. The molecule has 0 saturated heterocycles. The summed E-state index contributed by atoms with van der Waals surface area (Å²) < 4.78 is 0. The molecule has 110 valence electrons. The van der Waals surface area contributed by atoms with Crippen LogP contribution in [-0.4, -0.2) is 40.8 Å². The quantitative estimate of drug-likeness (QED) is 0.494. The SMILES string of the molecule is CSCCC(C)N(C)C(=O)c1cccc([N+](=O)[O-])c1N. The van der Waals surface area contributed by atoms with Crippen molar-refractivity contribution in [2.45, 2.75) is 19.4 Å². The van der Waals surface area contributed by atoms with Crippen molar-refractivity contribution in [3.05, 3.63) is 33.9 Å². The van der Waals surface area contributed by atoms with Gasteiger partial charge in [0.25, 0.3) is 11.6 Å². The molecule has 0 fully saturated rings. The molecular formula is C13H19N3O3S. The minimum atomic E-state index is -0.580. The van der Waals surface area contributed by atoms with Crippen molar-refractivity contribution in [3.63, 3.8) is 0 Å². The third kappa shape index (κ3) is 3.63.